The summed E-state index contributed by atoms with van der Waals surface area (Å²) in [5, 5.41) is 9.60. The number of halogens is 3. The molecular formula is C25H20F3NO3S. The normalized spacial score (nSPS) is 12.9. The Labute approximate surface area is 194 Å². The largest absolute Gasteiger partial charge is 0.457 e. The molecule has 0 radical (unpaired) electrons. The Balaban J connectivity index is 1.72. The van der Waals surface area contributed by atoms with Crippen LogP contribution in [0.15, 0.2) is 83.8 Å². The summed E-state index contributed by atoms with van der Waals surface area (Å²) in [5.41, 5.74) is -3.42. The van der Waals surface area contributed by atoms with Gasteiger partial charge in [0, 0.05) is 10.5 Å². The monoisotopic (exact) mass is 471 g/mol. The molecule has 170 valence electrons. The van der Waals surface area contributed by atoms with Gasteiger partial charge < -0.3 is 9.47 Å². The Kier molecular flexibility index (Phi) is 8.01. The molecule has 3 aromatic carbocycles. The fourth-order valence-electron chi connectivity index (χ4n) is 3.17. The number of para-hydroxylation sites is 1. The van der Waals surface area contributed by atoms with Crippen molar-refractivity contribution in [2.45, 2.75) is 35.8 Å². The van der Waals surface area contributed by atoms with Crippen LogP contribution in [-0.4, -0.2) is 11.5 Å². The molecule has 0 aliphatic rings. The summed E-state index contributed by atoms with van der Waals surface area (Å²) in [6, 6.07) is 23.4. The Bertz CT molecular complexity index is 1110. The molecular weight excluding hydrogens is 451 g/mol. The highest BCUT2D eigenvalue weighted by Crippen LogP contribution is 2.37. The maximum absolute atomic E-state index is 12.8. The average molecular weight is 472 g/mol. The predicted octanol–water partition coefficient (Wildman–Crippen LogP) is 7.39. The van der Waals surface area contributed by atoms with Crippen LogP contribution >= 0.6 is 11.8 Å². The van der Waals surface area contributed by atoms with E-state index in [-0.39, 0.29) is 16.7 Å². The molecule has 0 saturated heterocycles. The lowest BCUT2D eigenvalue weighted by atomic mass is 9.96. The fourth-order valence-corrected chi connectivity index (χ4v) is 3.71. The summed E-state index contributed by atoms with van der Waals surface area (Å²) in [6.07, 6.45) is -0.800. The minimum absolute atomic E-state index is 0.0274. The maximum atomic E-state index is 12.8. The van der Waals surface area contributed by atoms with Crippen molar-refractivity contribution < 1.29 is 27.4 Å². The Morgan fingerprint density at radius 2 is 1.64 bits per heavy atom. The third kappa shape index (κ3) is 7.02. The van der Waals surface area contributed by atoms with Gasteiger partial charge >= 0.3 is 11.5 Å². The summed E-state index contributed by atoms with van der Waals surface area (Å²) in [6.45, 7) is 1.76. The molecule has 2 unspecified atom stereocenters. The molecule has 2 atom stereocenters. The molecule has 0 saturated carbocycles. The van der Waals surface area contributed by atoms with Crippen molar-refractivity contribution in [2.24, 2.45) is 0 Å². The molecule has 0 spiro atoms. The first-order chi connectivity index (χ1) is 15.8. The lowest BCUT2D eigenvalue weighted by molar-refractivity contribution is -0.148. The smallest absolute Gasteiger partial charge is 0.446 e. The Morgan fingerprint density at radius 3 is 2.24 bits per heavy atom. The van der Waals surface area contributed by atoms with Gasteiger partial charge in [0.1, 0.15) is 17.6 Å². The van der Waals surface area contributed by atoms with E-state index in [2.05, 4.69) is 0 Å². The second kappa shape index (κ2) is 10.9. The van der Waals surface area contributed by atoms with Gasteiger partial charge in [0.15, 0.2) is 0 Å². The van der Waals surface area contributed by atoms with Crippen molar-refractivity contribution in [2.75, 3.05) is 0 Å². The van der Waals surface area contributed by atoms with Crippen LogP contribution in [0.3, 0.4) is 0 Å². The lowest BCUT2D eigenvalue weighted by Crippen LogP contribution is -2.18. The first-order valence-corrected chi connectivity index (χ1v) is 10.9. The summed E-state index contributed by atoms with van der Waals surface area (Å²) >= 11 is -0.221. The fraction of sp³-hybridized carbons (Fsp3) is 0.200. The van der Waals surface area contributed by atoms with E-state index >= 15 is 0 Å². The van der Waals surface area contributed by atoms with E-state index in [1.807, 2.05) is 24.3 Å². The van der Waals surface area contributed by atoms with E-state index in [0.29, 0.717) is 29.0 Å². The topological polar surface area (TPSA) is 59.3 Å². The van der Waals surface area contributed by atoms with Crippen molar-refractivity contribution in [3.63, 3.8) is 0 Å². The highest BCUT2D eigenvalue weighted by Gasteiger charge is 2.30. The van der Waals surface area contributed by atoms with Crippen LogP contribution in [0, 0.1) is 11.3 Å². The molecule has 0 N–H and O–H groups in total. The first kappa shape index (κ1) is 24.2. The number of carbonyl (C=O) groups is 1. The zero-order valence-electron chi connectivity index (χ0n) is 17.6. The minimum Gasteiger partial charge on any atom is -0.457 e. The van der Waals surface area contributed by atoms with Crippen LogP contribution in [0.4, 0.5) is 13.2 Å². The van der Waals surface area contributed by atoms with E-state index in [4.69, 9.17) is 9.47 Å². The molecule has 3 aromatic rings. The zero-order chi connectivity index (χ0) is 23.8. The Hall–Kier alpha value is -3.44. The highest BCUT2D eigenvalue weighted by molar-refractivity contribution is 8.00. The van der Waals surface area contributed by atoms with E-state index in [1.54, 1.807) is 43.3 Å². The first-order valence-electron chi connectivity index (χ1n) is 10.1. The van der Waals surface area contributed by atoms with Gasteiger partial charge in [-0.25, -0.2) is 0 Å². The van der Waals surface area contributed by atoms with E-state index < -0.39 is 23.5 Å². The SMILES string of the molecule is CCC(C(=O)OC(C#N)c1cccc(Oc2ccccc2)c1)c1ccc(SC(F)(F)F)cc1. The van der Waals surface area contributed by atoms with Gasteiger partial charge in [0.2, 0.25) is 6.10 Å². The van der Waals surface area contributed by atoms with E-state index in [0.717, 1.165) is 0 Å². The van der Waals surface area contributed by atoms with Crippen LogP contribution in [0.2, 0.25) is 0 Å². The summed E-state index contributed by atoms with van der Waals surface area (Å²) in [5.74, 6) is -0.234. The number of alkyl halides is 3. The van der Waals surface area contributed by atoms with E-state index in [9.17, 15) is 23.2 Å². The molecule has 0 bridgehead atoms. The molecule has 0 aromatic heterocycles. The molecule has 0 aliphatic carbocycles. The summed E-state index contributed by atoms with van der Waals surface area (Å²) in [7, 11) is 0. The number of thioether (sulfide) groups is 1. The number of esters is 1. The number of benzene rings is 3. The molecule has 4 nitrogen and oxygen atoms in total. The number of nitriles is 1. The van der Waals surface area contributed by atoms with Gasteiger partial charge in [-0.3, -0.25) is 4.79 Å². The molecule has 8 heteroatoms. The summed E-state index contributed by atoms with van der Waals surface area (Å²) < 4.78 is 48.9. The third-order valence-corrected chi connectivity index (χ3v) is 5.44. The van der Waals surface area contributed by atoms with Crippen molar-refractivity contribution in [1.29, 1.82) is 5.26 Å². The van der Waals surface area contributed by atoms with Crippen molar-refractivity contribution in [3.05, 3.63) is 90.0 Å². The van der Waals surface area contributed by atoms with Crippen molar-refractivity contribution in [3.8, 4) is 17.6 Å². The zero-order valence-corrected chi connectivity index (χ0v) is 18.4. The van der Waals surface area contributed by atoms with Gasteiger partial charge in [-0.2, -0.15) is 18.4 Å². The lowest BCUT2D eigenvalue weighted by Gasteiger charge is -2.18. The van der Waals surface area contributed by atoms with Crippen LogP contribution in [0.5, 0.6) is 11.5 Å². The minimum atomic E-state index is -4.39. The molecule has 0 amide bonds. The van der Waals surface area contributed by atoms with E-state index in [1.165, 1.54) is 24.3 Å². The van der Waals surface area contributed by atoms with Gasteiger partial charge in [-0.05, 0) is 60.1 Å². The Morgan fingerprint density at radius 1 is 0.970 bits per heavy atom. The van der Waals surface area contributed by atoms with Gasteiger partial charge in [-0.1, -0.05) is 49.4 Å². The molecule has 3 rings (SSSR count). The second-order valence-corrected chi connectivity index (χ2v) is 8.15. The number of hydrogen-bond donors (Lipinski definition) is 0. The van der Waals surface area contributed by atoms with Gasteiger partial charge in [0.25, 0.3) is 0 Å². The third-order valence-electron chi connectivity index (χ3n) is 4.70. The van der Waals surface area contributed by atoms with Gasteiger partial charge in [0.05, 0.1) is 5.92 Å². The van der Waals surface area contributed by atoms with Crippen LogP contribution in [-0.2, 0) is 9.53 Å². The van der Waals surface area contributed by atoms with Crippen LogP contribution < -0.4 is 4.74 Å². The molecule has 33 heavy (non-hydrogen) atoms. The number of hydrogen-bond acceptors (Lipinski definition) is 5. The van der Waals surface area contributed by atoms with Crippen molar-refractivity contribution in [1.82, 2.24) is 0 Å². The van der Waals surface area contributed by atoms with Crippen molar-refractivity contribution >= 4 is 17.7 Å². The van der Waals surface area contributed by atoms with Crippen LogP contribution in [0.25, 0.3) is 0 Å². The number of carbonyl (C=O) groups excluding carboxylic acids is 1. The predicted molar refractivity (Wildman–Crippen MR) is 119 cm³/mol. The molecule has 0 aliphatic heterocycles. The maximum Gasteiger partial charge on any atom is 0.446 e. The summed E-state index contributed by atoms with van der Waals surface area (Å²) in [4.78, 5) is 12.8. The molecule has 0 fully saturated rings. The molecule has 0 heterocycles. The number of ether oxygens (including phenoxy) is 2. The average Bonchev–Trinajstić information content (AvgIpc) is 2.79. The standard InChI is InChI=1S/C25H20F3NO3S/c1-2-22(17-11-13-21(14-12-17)33-25(26,27)28)24(30)32-23(16-29)18-7-6-10-20(15-18)31-19-8-4-3-5-9-19/h3-15,22-23H,2H2,1H3. The quantitative estimate of drug-likeness (QED) is 0.253. The number of nitrogens with zero attached hydrogens (tertiary/aromatic N) is 1. The highest BCUT2D eigenvalue weighted by atomic mass is 32.2. The van der Waals surface area contributed by atoms with Gasteiger partial charge in [-0.15, -0.1) is 0 Å². The van der Waals surface area contributed by atoms with Crippen LogP contribution in [0.1, 0.15) is 36.5 Å². The number of rotatable bonds is 8. The second-order valence-electron chi connectivity index (χ2n) is 7.01.